The third kappa shape index (κ3) is 5.41. The molecule has 0 aliphatic heterocycles. The van der Waals surface area contributed by atoms with E-state index in [4.69, 9.17) is 9.47 Å². The number of benzene rings is 1. The molecule has 0 amide bonds. The van der Waals surface area contributed by atoms with Gasteiger partial charge in [0.2, 0.25) is 0 Å². The second-order valence-electron chi connectivity index (χ2n) is 4.12. The van der Waals surface area contributed by atoms with Gasteiger partial charge in [-0.2, -0.15) is 13.2 Å². The highest BCUT2D eigenvalue weighted by Crippen LogP contribution is 2.28. The summed E-state index contributed by atoms with van der Waals surface area (Å²) in [6, 6.07) is 12.2. The van der Waals surface area contributed by atoms with Gasteiger partial charge in [0.25, 0.3) is 5.88 Å². The molecule has 2 rings (SSSR count). The lowest BCUT2D eigenvalue weighted by Crippen LogP contribution is -2.19. The molecule has 0 saturated heterocycles. The van der Waals surface area contributed by atoms with Crippen molar-refractivity contribution in [3.8, 4) is 11.6 Å². The molecule has 0 fully saturated rings. The van der Waals surface area contributed by atoms with Crippen molar-refractivity contribution < 1.29 is 22.6 Å². The van der Waals surface area contributed by atoms with E-state index >= 15 is 0 Å². The molecular formula is C14H11F3INO2. The highest BCUT2D eigenvalue weighted by molar-refractivity contribution is 14.1. The zero-order valence-electron chi connectivity index (χ0n) is 10.7. The number of ether oxygens (including phenoxy) is 2. The molecule has 0 bridgehead atoms. The van der Waals surface area contributed by atoms with Crippen LogP contribution in [0.4, 0.5) is 13.2 Å². The van der Waals surface area contributed by atoms with Crippen LogP contribution in [0.5, 0.6) is 11.6 Å². The molecule has 0 radical (unpaired) electrons. The minimum atomic E-state index is -4.40. The maximum absolute atomic E-state index is 12.2. The number of alkyl halides is 3. The summed E-state index contributed by atoms with van der Waals surface area (Å²) < 4.78 is 47.4. The third-order valence-electron chi connectivity index (χ3n) is 2.40. The summed E-state index contributed by atoms with van der Waals surface area (Å²) in [6.07, 6.45) is -4.40. The van der Waals surface area contributed by atoms with Crippen LogP contribution in [0, 0.1) is 3.70 Å². The molecule has 0 aliphatic carbocycles. The molecule has 0 aliphatic rings. The molecule has 3 nitrogen and oxygen atoms in total. The number of hydrogen-bond acceptors (Lipinski definition) is 3. The van der Waals surface area contributed by atoms with E-state index in [0.717, 1.165) is 5.56 Å². The van der Waals surface area contributed by atoms with Crippen molar-refractivity contribution in [2.45, 2.75) is 12.8 Å². The van der Waals surface area contributed by atoms with Crippen molar-refractivity contribution >= 4 is 22.6 Å². The van der Waals surface area contributed by atoms with Gasteiger partial charge in [0.15, 0.2) is 12.4 Å². The number of pyridine rings is 1. The third-order valence-corrected chi connectivity index (χ3v) is 3.00. The summed E-state index contributed by atoms with van der Waals surface area (Å²) in [5.74, 6) is 0.0266. The molecule has 0 atom stereocenters. The zero-order valence-corrected chi connectivity index (χ0v) is 12.9. The van der Waals surface area contributed by atoms with Crippen LogP contribution in [0.1, 0.15) is 5.56 Å². The Morgan fingerprint density at radius 2 is 1.71 bits per heavy atom. The van der Waals surface area contributed by atoms with Gasteiger partial charge in [-0.05, 0) is 40.3 Å². The average molecular weight is 409 g/mol. The number of hydrogen-bond donors (Lipinski definition) is 0. The summed E-state index contributed by atoms with van der Waals surface area (Å²) in [6.45, 7) is -1.17. The molecule has 2 aromatic rings. The van der Waals surface area contributed by atoms with E-state index in [1.165, 1.54) is 6.07 Å². The molecular weight excluding hydrogens is 398 g/mol. The first-order valence-electron chi connectivity index (χ1n) is 5.97. The highest BCUT2D eigenvalue weighted by atomic mass is 127. The topological polar surface area (TPSA) is 31.4 Å². The molecule has 112 valence electrons. The Labute approximate surface area is 133 Å². The van der Waals surface area contributed by atoms with Crippen LogP contribution in [0.15, 0.2) is 42.5 Å². The molecule has 1 heterocycles. The fourth-order valence-electron chi connectivity index (χ4n) is 1.50. The van der Waals surface area contributed by atoms with E-state index in [9.17, 15) is 13.2 Å². The summed E-state index contributed by atoms with van der Waals surface area (Å²) in [5, 5.41) is 0. The lowest BCUT2D eigenvalue weighted by atomic mass is 10.2. The van der Waals surface area contributed by atoms with E-state index in [-0.39, 0.29) is 18.2 Å². The molecule has 0 unspecified atom stereocenters. The van der Waals surface area contributed by atoms with Gasteiger partial charge in [0.1, 0.15) is 10.3 Å². The number of rotatable bonds is 5. The number of aromatic nitrogens is 1. The molecule has 0 spiro atoms. The van der Waals surface area contributed by atoms with Crippen LogP contribution in [0.2, 0.25) is 0 Å². The molecule has 1 aromatic heterocycles. The monoisotopic (exact) mass is 409 g/mol. The Morgan fingerprint density at radius 1 is 1.00 bits per heavy atom. The van der Waals surface area contributed by atoms with Gasteiger partial charge in [-0.25, -0.2) is 4.98 Å². The maximum atomic E-state index is 12.2. The van der Waals surface area contributed by atoms with Crippen molar-refractivity contribution in [3.05, 3.63) is 51.7 Å². The van der Waals surface area contributed by atoms with Crippen LogP contribution in [-0.2, 0) is 6.61 Å². The summed E-state index contributed by atoms with van der Waals surface area (Å²) in [7, 11) is 0. The van der Waals surface area contributed by atoms with E-state index in [2.05, 4.69) is 4.98 Å². The Kier molecular flexibility index (Phi) is 5.27. The van der Waals surface area contributed by atoms with Gasteiger partial charge in [0, 0.05) is 0 Å². The molecule has 1 aromatic carbocycles. The van der Waals surface area contributed by atoms with Crippen LogP contribution >= 0.6 is 22.6 Å². The largest absolute Gasteiger partial charge is 0.478 e. The van der Waals surface area contributed by atoms with Crippen molar-refractivity contribution in [2.24, 2.45) is 0 Å². The van der Waals surface area contributed by atoms with Crippen LogP contribution in [-0.4, -0.2) is 17.8 Å². The lowest BCUT2D eigenvalue weighted by Gasteiger charge is -2.13. The summed E-state index contributed by atoms with van der Waals surface area (Å²) in [4.78, 5) is 4.06. The molecule has 21 heavy (non-hydrogen) atoms. The van der Waals surface area contributed by atoms with Crippen molar-refractivity contribution in [1.29, 1.82) is 0 Å². The summed E-state index contributed by atoms with van der Waals surface area (Å²) >= 11 is 1.95. The zero-order chi connectivity index (χ0) is 15.3. The van der Waals surface area contributed by atoms with Crippen LogP contribution in [0.25, 0.3) is 0 Å². The average Bonchev–Trinajstić information content (AvgIpc) is 2.44. The van der Waals surface area contributed by atoms with Crippen LogP contribution in [0.3, 0.4) is 0 Å². The SMILES string of the molecule is FC(F)(F)COc1ccc(I)nc1OCc1ccccc1. The smallest absolute Gasteiger partial charge is 0.422 e. The van der Waals surface area contributed by atoms with Crippen molar-refractivity contribution in [3.63, 3.8) is 0 Å². The normalized spacial score (nSPS) is 11.2. The molecule has 0 N–H and O–H groups in total. The summed E-state index contributed by atoms with van der Waals surface area (Å²) in [5.41, 5.74) is 0.889. The van der Waals surface area contributed by atoms with E-state index < -0.39 is 12.8 Å². The Bertz CT molecular complexity index is 591. The first-order chi connectivity index (χ1) is 9.94. The van der Waals surface area contributed by atoms with Gasteiger partial charge in [0.05, 0.1) is 0 Å². The van der Waals surface area contributed by atoms with Gasteiger partial charge < -0.3 is 9.47 Å². The first-order valence-corrected chi connectivity index (χ1v) is 7.05. The predicted molar refractivity (Wildman–Crippen MR) is 79.3 cm³/mol. The Balaban J connectivity index is 2.08. The fourth-order valence-corrected chi connectivity index (χ4v) is 1.90. The van der Waals surface area contributed by atoms with Gasteiger partial charge >= 0.3 is 6.18 Å². The second kappa shape index (κ2) is 6.97. The predicted octanol–water partition coefficient (Wildman–Crippen LogP) is 4.21. The Morgan fingerprint density at radius 3 is 2.38 bits per heavy atom. The van der Waals surface area contributed by atoms with Gasteiger partial charge in [-0.3, -0.25) is 0 Å². The van der Waals surface area contributed by atoms with E-state index in [0.29, 0.717) is 3.70 Å². The number of nitrogens with zero attached hydrogens (tertiary/aromatic N) is 1. The Hall–Kier alpha value is -1.51. The fraction of sp³-hybridized carbons (Fsp3) is 0.214. The number of halogens is 4. The van der Waals surface area contributed by atoms with Crippen LogP contribution < -0.4 is 9.47 Å². The minimum Gasteiger partial charge on any atom is -0.478 e. The maximum Gasteiger partial charge on any atom is 0.422 e. The molecule has 0 saturated carbocycles. The van der Waals surface area contributed by atoms with Gasteiger partial charge in [-0.15, -0.1) is 0 Å². The quantitative estimate of drug-likeness (QED) is 0.548. The highest BCUT2D eigenvalue weighted by Gasteiger charge is 2.29. The van der Waals surface area contributed by atoms with Gasteiger partial charge in [-0.1, -0.05) is 30.3 Å². The molecule has 7 heteroatoms. The first kappa shape index (κ1) is 15.9. The van der Waals surface area contributed by atoms with Crippen molar-refractivity contribution in [1.82, 2.24) is 4.98 Å². The van der Waals surface area contributed by atoms with E-state index in [1.807, 2.05) is 52.9 Å². The standard InChI is InChI=1S/C14H11F3INO2/c15-14(16,17)9-21-11-6-7-12(18)19-13(11)20-8-10-4-2-1-3-5-10/h1-7H,8-9H2. The minimum absolute atomic E-state index is 0.0244. The van der Waals surface area contributed by atoms with Crippen molar-refractivity contribution in [2.75, 3.05) is 6.61 Å². The van der Waals surface area contributed by atoms with E-state index in [1.54, 1.807) is 6.07 Å². The second-order valence-corrected chi connectivity index (χ2v) is 5.22. The lowest BCUT2D eigenvalue weighted by molar-refractivity contribution is -0.153.